The number of hydrogen-bond acceptors (Lipinski definition) is 2. The van der Waals surface area contributed by atoms with E-state index in [2.05, 4.69) is 10.2 Å². The molecule has 0 aliphatic rings. The molecule has 1 heterocycles. The molecule has 0 radical (unpaired) electrons. The molecule has 1 unspecified atom stereocenters. The standard InChI is InChI=1S/C5H8FN3/c1-4(6)5-3-7-9(2)8-5/h3-4H,1-2H3. The highest BCUT2D eigenvalue weighted by Gasteiger charge is 2.04. The Labute approximate surface area is 52.5 Å². The van der Waals surface area contributed by atoms with Gasteiger partial charge in [0.25, 0.3) is 0 Å². The van der Waals surface area contributed by atoms with Crippen LogP contribution in [0.3, 0.4) is 0 Å². The van der Waals surface area contributed by atoms with Crippen LogP contribution in [0.4, 0.5) is 4.39 Å². The van der Waals surface area contributed by atoms with Gasteiger partial charge in [0.1, 0.15) is 11.9 Å². The van der Waals surface area contributed by atoms with Gasteiger partial charge in [0.15, 0.2) is 0 Å². The third-order valence-electron chi connectivity index (χ3n) is 1.02. The summed E-state index contributed by atoms with van der Waals surface area (Å²) in [5.41, 5.74) is 0.387. The van der Waals surface area contributed by atoms with E-state index in [9.17, 15) is 4.39 Å². The molecular weight excluding hydrogens is 121 g/mol. The van der Waals surface area contributed by atoms with Gasteiger partial charge in [-0.25, -0.2) is 4.39 Å². The highest BCUT2D eigenvalue weighted by Crippen LogP contribution is 2.10. The van der Waals surface area contributed by atoms with Gasteiger partial charge in [0.05, 0.1) is 6.20 Å². The number of aromatic nitrogens is 3. The molecule has 0 aliphatic heterocycles. The number of rotatable bonds is 1. The Bertz CT molecular complexity index is 194. The first kappa shape index (κ1) is 6.19. The van der Waals surface area contributed by atoms with Gasteiger partial charge in [0, 0.05) is 7.05 Å². The van der Waals surface area contributed by atoms with Crippen LogP contribution in [0.5, 0.6) is 0 Å². The zero-order valence-corrected chi connectivity index (χ0v) is 5.37. The maximum Gasteiger partial charge on any atom is 0.143 e. The van der Waals surface area contributed by atoms with E-state index in [4.69, 9.17) is 0 Å². The van der Waals surface area contributed by atoms with Crippen molar-refractivity contribution >= 4 is 0 Å². The van der Waals surface area contributed by atoms with E-state index in [-0.39, 0.29) is 0 Å². The SMILES string of the molecule is CC(F)c1cnn(C)n1. The van der Waals surface area contributed by atoms with Crippen LogP contribution in [-0.2, 0) is 7.05 Å². The summed E-state index contributed by atoms with van der Waals surface area (Å²) in [4.78, 5) is 1.34. The minimum absolute atomic E-state index is 0.387. The van der Waals surface area contributed by atoms with Crippen molar-refractivity contribution in [3.63, 3.8) is 0 Å². The minimum atomic E-state index is -1.02. The molecule has 9 heavy (non-hydrogen) atoms. The van der Waals surface area contributed by atoms with Crippen molar-refractivity contribution in [3.05, 3.63) is 11.9 Å². The Hall–Kier alpha value is -0.930. The van der Waals surface area contributed by atoms with Crippen molar-refractivity contribution in [2.45, 2.75) is 13.1 Å². The highest BCUT2D eigenvalue weighted by atomic mass is 19.1. The summed E-state index contributed by atoms with van der Waals surface area (Å²) in [5, 5.41) is 7.44. The molecule has 0 spiro atoms. The zero-order valence-electron chi connectivity index (χ0n) is 5.37. The molecule has 1 rings (SSSR count). The molecule has 0 amide bonds. The fourth-order valence-electron chi connectivity index (χ4n) is 0.544. The summed E-state index contributed by atoms with van der Waals surface area (Å²) in [6.45, 7) is 1.43. The smallest absolute Gasteiger partial charge is 0.143 e. The second-order valence-corrected chi connectivity index (χ2v) is 1.87. The lowest BCUT2D eigenvalue weighted by molar-refractivity contribution is 0.363. The molecule has 0 saturated carbocycles. The van der Waals surface area contributed by atoms with Crippen molar-refractivity contribution in [1.82, 2.24) is 15.0 Å². The van der Waals surface area contributed by atoms with Crippen molar-refractivity contribution in [2.24, 2.45) is 7.05 Å². The maximum absolute atomic E-state index is 12.3. The van der Waals surface area contributed by atoms with E-state index in [1.807, 2.05) is 0 Å². The van der Waals surface area contributed by atoms with Crippen LogP contribution >= 0.6 is 0 Å². The summed E-state index contributed by atoms with van der Waals surface area (Å²) in [7, 11) is 1.66. The van der Waals surface area contributed by atoms with E-state index in [0.29, 0.717) is 5.69 Å². The zero-order chi connectivity index (χ0) is 6.85. The Kier molecular flexibility index (Phi) is 1.46. The van der Waals surface area contributed by atoms with Crippen LogP contribution < -0.4 is 0 Å². The molecule has 0 aromatic carbocycles. The molecule has 50 valence electrons. The third kappa shape index (κ3) is 1.25. The van der Waals surface area contributed by atoms with Crippen molar-refractivity contribution in [3.8, 4) is 0 Å². The molecule has 0 saturated heterocycles. The molecule has 0 bridgehead atoms. The Morgan fingerprint density at radius 2 is 2.44 bits per heavy atom. The second kappa shape index (κ2) is 2.13. The normalized spacial score (nSPS) is 13.7. The summed E-state index contributed by atoms with van der Waals surface area (Å²) < 4.78 is 12.3. The van der Waals surface area contributed by atoms with Gasteiger partial charge in [-0.2, -0.15) is 15.0 Å². The average Bonchev–Trinajstić information content (AvgIpc) is 2.14. The van der Waals surface area contributed by atoms with Crippen molar-refractivity contribution < 1.29 is 4.39 Å². The summed E-state index contributed by atoms with van der Waals surface area (Å²) in [5.74, 6) is 0. The predicted molar refractivity (Wildman–Crippen MR) is 30.5 cm³/mol. The Balaban J connectivity index is 2.85. The maximum atomic E-state index is 12.3. The first-order chi connectivity index (χ1) is 4.20. The lowest BCUT2D eigenvalue weighted by atomic mass is 10.3. The molecule has 0 N–H and O–H groups in total. The monoisotopic (exact) mass is 129 g/mol. The molecule has 1 atom stereocenters. The van der Waals surface area contributed by atoms with Gasteiger partial charge in [-0.1, -0.05) is 0 Å². The van der Waals surface area contributed by atoms with Gasteiger partial charge in [-0.15, -0.1) is 0 Å². The van der Waals surface area contributed by atoms with Crippen LogP contribution in [0.1, 0.15) is 18.8 Å². The van der Waals surface area contributed by atoms with E-state index >= 15 is 0 Å². The number of aryl methyl sites for hydroxylation is 1. The van der Waals surface area contributed by atoms with Crippen LogP contribution in [-0.4, -0.2) is 15.0 Å². The van der Waals surface area contributed by atoms with E-state index in [0.717, 1.165) is 0 Å². The first-order valence-corrected chi connectivity index (χ1v) is 2.70. The van der Waals surface area contributed by atoms with E-state index < -0.39 is 6.17 Å². The first-order valence-electron chi connectivity index (χ1n) is 2.70. The topological polar surface area (TPSA) is 30.7 Å². The van der Waals surface area contributed by atoms with Crippen LogP contribution in [0.2, 0.25) is 0 Å². The van der Waals surface area contributed by atoms with Gasteiger partial charge in [-0.05, 0) is 6.92 Å². The number of hydrogen-bond donors (Lipinski definition) is 0. The Morgan fingerprint density at radius 3 is 2.67 bits per heavy atom. The average molecular weight is 129 g/mol. The van der Waals surface area contributed by atoms with Gasteiger partial charge >= 0.3 is 0 Å². The predicted octanol–water partition coefficient (Wildman–Crippen LogP) is 0.846. The largest absolute Gasteiger partial charge is 0.241 e. The quantitative estimate of drug-likeness (QED) is 0.562. The minimum Gasteiger partial charge on any atom is -0.241 e. The van der Waals surface area contributed by atoms with Gasteiger partial charge < -0.3 is 0 Å². The summed E-state index contributed by atoms with van der Waals surface area (Å²) in [6, 6.07) is 0. The number of alkyl halides is 1. The molecule has 1 aromatic rings. The molecule has 0 fully saturated rings. The molecular formula is C5H8FN3. The van der Waals surface area contributed by atoms with Gasteiger partial charge in [-0.3, -0.25) is 0 Å². The summed E-state index contributed by atoms with van der Waals surface area (Å²) in [6.07, 6.45) is 0.406. The van der Waals surface area contributed by atoms with E-state index in [1.54, 1.807) is 7.05 Å². The second-order valence-electron chi connectivity index (χ2n) is 1.87. The van der Waals surface area contributed by atoms with E-state index in [1.165, 1.54) is 17.9 Å². The third-order valence-corrected chi connectivity index (χ3v) is 1.02. The summed E-state index contributed by atoms with van der Waals surface area (Å²) >= 11 is 0. The van der Waals surface area contributed by atoms with Crippen LogP contribution in [0.15, 0.2) is 6.20 Å². The van der Waals surface area contributed by atoms with Gasteiger partial charge in [0.2, 0.25) is 0 Å². The fraction of sp³-hybridized carbons (Fsp3) is 0.600. The van der Waals surface area contributed by atoms with Crippen molar-refractivity contribution in [2.75, 3.05) is 0 Å². The molecule has 1 aromatic heterocycles. The molecule has 3 nitrogen and oxygen atoms in total. The lowest BCUT2D eigenvalue weighted by Crippen LogP contribution is -1.93. The number of halogens is 1. The molecule has 4 heteroatoms. The van der Waals surface area contributed by atoms with Crippen LogP contribution in [0.25, 0.3) is 0 Å². The Morgan fingerprint density at radius 1 is 1.78 bits per heavy atom. The lowest BCUT2D eigenvalue weighted by Gasteiger charge is -1.90. The molecule has 0 aliphatic carbocycles. The number of nitrogens with zero attached hydrogens (tertiary/aromatic N) is 3. The fourth-order valence-corrected chi connectivity index (χ4v) is 0.544. The van der Waals surface area contributed by atoms with Crippen molar-refractivity contribution in [1.29, 1.82) is 0 Å². The van der Waals surface area contributed by atoms with Crippen LogP contribution in [0, 0.1) is 0 Å². The highest BCUT2D eigenvalue weighted by molar-refractivity contribution is 4.94.